The van der Waals surface area contributed by atoms with Crippen LogP contribution in [0.25, 0.3) is 0 Å². The molecule has 0 bridgehead atoms. The average molecular weight is 286 g/mol. The Hall–Kier alpha value is -2.11. The number of H-pyrrole nitrogens is 1. The number of rotatable bonds is 4. The Labute approximate surface area is 122 Å². The van der Waals surface area contributed by atoms with Gasteiger partial charge in [-0.2, -0.15) is 5.10 Å². The maximum atomic E-state index is 12.2. The minimum atomic E-state index is 0.0579. The smallest absolute Gasteiger partial charge is 0.257 e. The highest BCUT2D eigenvalue weighted by atomic mass is 16.3. The molecule has 2 aliphatic rings. The molecule has 0 spiro atoms. The van der Waals surface area contributed by atoms with Crippen LogP contribution in [0.1, 0.15) is 47.2 Å². The van der Waals surface area contributed by atoms with Crippen LogP contribution < -0.4 is 0 Å². The maximum Gasteiger partial charge on any atom is 0.257 e. The molecule has 1 atom stereocenters. The summed E-state index contributed by atoms with van der Waals surface area (Å²) in [5.41, 5.74) is 0.631. The Bertz CT molecular complexity index is 630. The maximum absolute atomic E-state index is 12.2. The van der Waals surface area contributed by atoms with Crippen LogP contribution in [0.3, 0.4) is 0 Å². The van der Waals surface area contributed by atoms with E-state index in [2.05, 4.69) is 15.2 Å². The van der Waals surface area contributed by atoms with Crippen LogP contribution in [-0.2, 0) is 6.42 Å². The summed E-state index contributed by atoms with van der Waals surface area (Å²) >= 11 is 0. The zero-order valence-electron chi connectivity index (χ0n) is 11.8. The van der Waals surface area contributed by atoms with E-state index >= 15 is 0 Å². The van der Waals surface area contributed by atoms with E-state index in [4.69, 9.17) is 4.42 Å². The molecule has 1 unspecified atom stereocenters. The molecule has 3 heterocycles. The second kappa shape index (κ2) is 5.02. The number of carbonyl (C=O) groups is 1. The van der Waals surface area contributed by atoms with Gasteiger partial charge in [0.05, 0.1) is 11.8 Å². The fourth-order valence-corrected chi connectivity index (χ4v) is 2.95. The van der Waals surface area contributed by atoms with Gasteiger partial charge in [-0.25, -0.2) is 4.98 Å². The Balaban J connectivity index is 1.36. The molecule has 1 saturated carbocycles. The third-order valence-electron chi connectivity index (χ3n) is 4.31. The molecule has 110 valence electrons. The molecule has 6 heteroatoms. The van der Waals surface area contributed by atoms with Crippen LogP contribution in [0.4, 0.5) is 0 Å². The molecular weight excluding hydrogens is 268 g/mol. The van der Waals surface area contributed by atoms with E-state index in [9.17, 15) is 4.79 Å². The first-order chi connectivity index (χ1) is 10.3. The standard InChI is InChI=1S/C15H18N4O2/c20-15(12-4-6-21-9-12)19-5-3-10(8-19)7-13-16-14(18-17-13)11-1-2-11/h4,6,9-11H,1-3,5,7-8H2,(H,16,17,18). The third-order valence-corrected chi connectivity index (χ3v) is 4.31. The SMILES string of the molecule is O=C(c1ccoc1)N1CCC(Cc2nc(C3CC3)n[nH]2)C1. The normalized spacial score (nSPS) is 21.9. The summed E-state index contributed by atoms with van der Waals surface area (Å²) in [5, 5.41) is 7.33. The first-order valence-electron chi connectivity index (χ1n) is 7.52. The predicted octanol–water partition coefficient (Wildman–Crippen LogP) is 1.98. The van der Waals surface area contributed by atoms with Gasteiger partial charge in [-0.05, 0) is 31.2 Å². The van der Waals surface area contributed by atoms with Crippen LogP contribution >= 0.6 is 0 Å². The third kappa shape index (κ3) is 2.57. The van der Waals surface area contributed by atoms with Crippen molar-refractivity contribution in [2.75, 3.05) is 13.1 Å². The summed E-state index contributed by atoms with van der Waals surface area (Å²) < 4.78 is 4.98. The van der Waals surface area contributed by atoms with Crippen LogP contribution in [-0.4, -0.2) is 39.1 Å². The lowest BCUT2D eigenvalue weighted by atomic mass is 10.1. The summed E-state index contributed by atoms with van der Waals surface area (Å²) in [6, 6.07) is 1.72. The highest BCUT2D eigenvalue weighted by molar-refractivity contribution is 5.93. The van der Waals surface area contributed by atoms with E-state index in [0.717, 1.165) is 37.6 Å². The number of furan rings is 1. The predicted molar refractivity (Wildman–Crippen MR) is 74.8 cm³/mol. The molecule has 1 N–H and O–H groups in total. The molecule has 6 nitrogen and oxygen atoms in total. The Kier molecular flexibility index (Phi) is 3.02. The van der Waals surface area contributed by atoms with Gasteiger partial charge >= 0.3 is 0 Å². The molecule has 1 saturated heterocycles. The summed E-state index contributed by atoms with van der Waals surface area (Å²) in [4.78, 5) is 18.7. The van der Waals surface area contributed by atoms with Crippen molar-refractivity contribution in [1.29, 1.82) is 0 Å². The van der Waals surface area contributed by atoms with E-state index in [0.29, 0.717) is 17.4 Å². The van der Waals surface area contributed by atoms with Crippen molar-refractivity contribution in [2.24, 2.45) is 5.92 Å². The number of amides is 1. The van der Waals surface area contributed by atoms with Gasteiger partial charge < -0.3 is 9.32 Å². The van der Waals surface area contributed by atoms with Crippen LogP contribution in [0.2, 0.25) is 0 Å². The van der Waals surface area contributed by atoms with Crippen molar-refractivity contribution in [3.05, 3.63) is 35.8 Å². The first-order valence-corrected chi connectivity index (χ1v) is 7.52. The van der Waals surface area contributed by atoms with Crippen molar-refractivity contribution >= 4 is 5.91 Å². The topological polar surface area (TPSA) is 75.0 Å². The van der Waals surface area contributed by atoms with E-state index in [1.807, 2.05) is 4.90 Å². The second-order valence-electron chi connectivity index (χ2n) is 6.04. The summed E-state index contributed by atoms with van der Waals surface area (Å²) in [6.07, 6.45) is 7.36. The van der Waals surface area contributed by atoms with Gasteiger partial charge in [-0.15, -0.1) is 0 Å². The number of likely N-dealkylation sites (tertiary alicyclic amines) is 1. The number of nitrogens with zero attached hydrogens (tertiary/aromatic N) is 3. The fraction of sp³-hybridized carbons (Fsp3) is 0.533. The number of nitrogens with one attached hydrogen (secondary N) is 1. The average Bonchev–Trinajstić information content (AvgIpc) is 2.96. The van der Waals surface area contributed by atoms with Crippen LogP contribution in [0, 0.1) is 5.92 Å². The van der Waals surface area contributed by atoms with Crippen molar-refractivity contribution < 1.29 is 9.21 Å². The molecule has 4 rings (SSSR count). The number of aromatic amines is 1. The molecule has 2 aromatic heterocycles. The van der Waals surface area contributed by atoms with Gasteiger partial charge in [0.15, 0.2) is 5.82 Å². The molecule has 1 aliphatic heterocycles. The minimum absolute atomic E-state index is 0.0579. The zero-order valence-corrected chi connectivity index (χ0v) is 11.8. The number of hydrogen-bond donors (Lipinski definition) is 1. The fourth-order valence-electron chi connectivity index (χ4n) is 2.95. The molecule has 1 amide bonds. The van der Waals surface area contributed by atoms with Gasteiger partial charge in [-0.3, -0.25) is 9.89 Å². The second-order valence-corrected chi connectivity index (χ2v) is 6.04. The molecule has 21 heavy (non-hydrogen) atoms. The van der Waals surface area contributed by atoms with Gasteiger partial charge in [-0.1, -0.05) is 0 Å². The monoisotopic (exact) mass is 286 g/mol. The summed E-state index contributed by atoms with van der Waals surface area (Å²) in [6.45, 7) is 1.59. The van der Waals surface area contributed by atoms with E-state index in [1.54, 1.807) is 6.07 Å². The van der Waals surface area contributed by atoms with Gasteiger partial charge in [0.25, 0.3) is 5.91 Å². The molecule has 2 aromatic rings. The summed E-state index contributed by atoms with van der Waals surface area (Å²) in [7, 11) is 0. The van der Waals surface area contributed by atoms with Crippen molar-refractivity contribution in [2.45, 2.75) is 31.6 Å². The highest BCUT2D eigenvalue weighted by Gasteiger charge is 2.30. The first kappa shape index (κ1) is 12.6. The lowest BCUT2D eigenvalue weighted by molar-refractivity contribution is 0.0786. The number of aromatic nitrogens is 3. The Morgan fingerprint density at radius 3 is 3.10 bits per heavy atom. The largest absolute Gasteiger partial charge is 0.472 e. The van der Waals surface area contributed by atoms with Crippen molar-refractivity contribution in [1.82, 2.24) is 20.1 Å². The number of hydrogen-bond acceptors (Lipinski definition) is 4. The van der Waals surface area contributed by atoms with Crippen LogP contribution in [0.15, 0.2) is 23.0 Å². The molecule has 0 radical (unpaired) electrons. The number of carbonyl (C=O) groups excluding carboxylic acids is 1. The molecule has 0 aromatic carbocycles. The molecular formula is C15H18N4O2. The quantitative estimate of drug-likeness (QED) is 0.932. The van der Waals surface area contributed by atoms with Gasteiger partial charge in [0.1, 0.15) is 12.1 Å². The highest BCUT2D eigenvalue weighted by Crippen LogP contribution is 2.37. The van der Waals surface area contributed by atoms with E-state index in [-0.39, 0.29) is 5.91 Å². The summed E-state index contributed by atoms with van der Waals surface area (Å²) in [5.74, 6) is 3.02. The lowest BCUT2D eigenvalue weighted by Gasteiger charge is -2.15. The Morgan fingerprint density at radius 2 is 2.33 bits per heavy atom. The van der Waals surface area contributed by atoms with Crippen LogP contribution in [0.5, 0.6) is 0 Å². The van der Waals surface area contributed by atoms with E-state index < -0.39 is 0 Å². The van der Waals surface area contributed by atoms with Crippen molar-refractivity contribution in [3.8, 4) is 0 Å². The Morgan fingerprint density at radius 1 is 1.43 bits per heavy atom. The van der Waals surface area contributed by atoms with Gasteiger partial charge in [0.2, 0.25) is 0 Å². The lowest BCUT2D eigenvalue weighted by Crippen LogP contribution is -2.28. The minimum Gasteiger partial charge on any atom is -0.472 e. The van der Waals surface area contributed by atoms with Crippen molar-refractivity contribution in [3.63, 3.8) is 0 Å². The molecule has 1 aliphatic carbocycles. The van der Waals surface area contributed by atoms with Gasteiger partial charge in [0, 0.05) is 25.4 Å². The van der Waals surface area contributed by atoms with E-state index in [1.165, 1.54) is 25.4 Å². The zero-order chi connectivity index (χ0) is 14.2. The molecule has 2 fully saturated rings.